The lowest BCUT2D eigenvalue weighted by atomic mass is 10.1. The first-order valence-corrected chi connectivity index (χ1v) is 9.42. The minimum Gasteiger partial charge on any atom is -0.399 e. The van der Waals surface area contributed by atoms with Crippen LogP contribution in [0.5, 0.6) is 0 Å². The molecule has 2 amide bonds. The van der Waals surface area contributed by atoms with Gasteiger partial charge >= 0.3 is 12.4 Å². The predicted octanol–water partition coefficient (Wildman–Crippen LogP) is 5.39. The van der Waals surface area contributed by atoms with Crippen molar-refractivity contribution in [2.45, 2.75) is 12.4 Å². The van der Waals surface area contributed by atoms with Crippen LogP contribution < -0.4 is 22.1 Å². The van der Waals surface area contributed by atoms with Gasteiger partial charge in [0.05, 0.1) is 16.7 Å². The van der Waals surface area contributed by atoms with E-state index in [0.717, 1.165) is 24.3 Å². The van der Waals surface area contributed by atoms with Crippen LogP contribution >= 0.6 is 0 Å². The molecule has 0 bridgehead atoms. The van der Waals surface area contributed by atoms with Crippen LogP contribution in [0, 0.1) is 0 Å². The second kappa shape index (κ2) is 8.96. The van der Waals surface area contributed by atoms with E-state index in [0.29, 0.717) is 12.1 Å². The number of anilines is 4. The lowest BCUT2D eigenvalue weighted by Crippen LogP contribution is -2.19. The van der Waals surface area contributed by atoms with Crippen molar-refractivity contribution >= 4 is 34.6 Å². The smallest absolute Gasteiger partial charge is 0.399 e. The molecule has 6 nitrogen and oxygen atoms in total. The van der Waals surface area contributed by atoms with E-state index in [1.165, 1.54) is 24.3 Å². The van der Waals surface area contributed by atoms with E-state index in [2.05, 4.69) is 10.6 Å². The highest BCUT2D eigenvalue weighted by atomic mass is 19.4. The standard InChI is InChI=1S/C22H16F6N4O2/c23-21(24,25)16-9-12(29)5-6-15(16)20(34)32-14-3-1-2-13(10-14)31-19(33)11-4-7-18(30)17(8-11)22(26,27)28/h1-10H,29-30H2,(H,31,33)(H,32,34). The molecule has 0 spiro atoms. The second-order valence-electron chi connectivity index (χ2n) is 7.09. The maximum absolute atomic E-state index is 13.3. The van der Waals surface area contributed by atoms with E-state index in [4.69, 9.17) is 11.5 Å². The number of rotatable bonds is 4. The highest BCUT2D eigenvalue weighted by Gasteiger charge is 2.35. The van der Waals surface area contributed by atoms with Gasteiger partial charge in [-0.2, -0.15) is 26.3 Å². The molecule has 0 fully saturated rings. The molecule has 3 aromatic rings. The van der Waals surface area contributed by atoms with Crippen LogP contribution in [-0.4, -0.2) is 11.8 Å². The van der Waals surface area contributed by atoms with Crippen LogP contribution in [0.1, 0.15) is 31.8 Å². The Bertz CT molecular complexity index is 1250. The SMILES string of the molecule is Nc1ccc(C(=O)Nc2cccc(NC(=O)c3ccc(N)c(C(F)(F)F)c3)c2)c(C(F)(F)F)c1. The van der Waals surface area contributed by atoms with Gasteiger partial charge in [-0.1, -0.05) is 6.07 Å². The van der Waals surface area contributed by atoms with Gasteiger partial charge in [0.1, 0.15) is 0 Å². The Balaban J connectivity index is 1.80. The number of nitrogens with one attached hydrogen (secondary N) is 2. The highest BCUT2D eigenvalue weighted by Crippen LogP contribution is 2.35. The predicted molar refractivity (Wildman–Crippen MR) is 114 cm³/mol. The summed E-state index contributed by atoms with van der Waals surface area (Å²) in [5, 5.41) is 4.64. The van der Waals surface area contributed by atoms with Crippen LogP contribution in [0.15, 0.2) is 60.7 Å². The van der Waals surface area contributed by atoms with E-state index in [1.54, 1.807) is 0 Å². The first kappa shape index (κ1) is 24.4. The summed E-state index contributed by atoms with van der Waals surface area (Å²) < 4.78 is 78.9. The Kier molecular flexibility index (Phi) is 6.44. The molecule has 0 atom stereocenters. The van der Waals surface area contributed by atoms with Crippen LogP contribution in [0.4, 0.5) is 49.1 Å². The molecule has 178 valence electrons. The van der Waals surface area contributed by atoms with Gasteiger partial charge in [-0.25, -0.2) is 0 Å². The average molecular weight is 482 g/mol. The molecule has 0 saturated carbocycles. The summed E-state index contributed by atoms with van der Waals surface area (Å²) in [5.41, 5.74) is 6.69. The zero-order chi connectivity index (χ0) is 25.3. The Morgan fingerprint density at radius 3 is 1.85 bits per heavy atom. The summed E-state index contributed by atoms with van der Waals surface area (Å²) in [6.07, 6.45) is -9.59. The summed E-state index contributed by atoms with van der Waals surface area (Å²) in [4.78, 5) is 24.9. The molecule has 0 unspecified atom stereocenters. The summed E-state index contributed by atoms with van der Waals surface area (Å²) >= 11 is 0. The van der Waals surface area contributed by atoms with Crippen LogP contribution in [0.3, 0.4) is 0 Å². The van der Waals surface area contributed by atoms with Crippen LogP contribution in [-0.2, 0) is 12.4 Å². The third-order valence-electron chi connectivity index (χ3n) is 4.59. The highest BCUT2D eigenvalue weighted by molar-refractivity contribution is 6.07. The molecular weight excluding hydrogens is 466 g/mol. The molecule has 12 heteroatoms. The molecule has 0 aliphatic heterocycles. The number of amides is 2. The van der Waals surface area contributed by atoms with Crippen LogP contribution in [0.2, 0.25) is 0 Å². The molecule has 0 saturated heterocycles. The third kappa shape index (κ3) is 5.57. The van der Waals surface area contributed by atoms with Crippen molar-refractivity contribution in [2.24, 2.45) is 0 Å². The maximum atomic E-state index is 13.3. The van der Waals surface area contributed by atoms with E-state index in [9.17, 15) is 35.9 Å². The molecule has 0 aliphatic carbocycles. The first-order valence-electron chi connectivity index (χ1n) is 9.42. The lowest BCUT2D eigenvalue weighted by molar-refractivity contribution is -0.138. The Morgan fingerprint density at radius 1 is 0.676 bits per heavy atom. The van der Waals surface area contributed by atoms with Crippen molar-refractivity contribution in [3.05, 3.63) is 82.9 Å². The minimum atomic E-state index is -4.83. The van der Waals surface area contributed by atoms with Gasteiger partial charge in [0, 0.05) is 28.3 Å². The summed E-state index contributed by atoms with van der Waals surface area (Å²) in [7, 11) is 0. The van der Waals surface area contributed by atoms with E-state index in [1.807, 2.05) is 0 Å². The monoisotopic (exact) mass is 482 g/mol. The molecule has 3 aromatic carbocycles. The average Bonchev–Trinajstić information content (AvgIpc) is 2.72. The molecule has 3 rings (SSSR count). The number of carbonyl (C=O) groups excluding carboxylic acids is 2. The van der Waals surface area contributed by atoms with Gasteiger partial charge in [-0.15, -0.1) is 0 Å². The number of carbonyl (C=O) groups is 2. The third-order valence-corrected chi connectivity index (χ3v) is 4.59. The van der Waals surface area contributed by atoms with Gasteiger partial charge in [0.25, 0.3) is 11.8 Å². The Hall–Kier alpha value is -4.22. The van der Waals surface area contributed by atoms with Crippen molar-refractivity contribution in [3.8, 4) is 0 Å². The molecule has 0 aliphatic rings. The van der Waals surface area contributed by atoms with Gasteiger partial charge in [-0.05, 0) is 54.6 Å². The largest absolute Gasteiger partial charge is 0.418 e. The van der Waals surface area contributed by atoms with E-state index in [-0.39, 0.29) is 22.6 Å². The molecule has 34 heavy (non-hydrogen) atoms. The van der Waals surface area contributed by atoms with Crippen LogP contribution in [0.25, 0.3) is 0 Å². The normalized spacial score (nSPS) is 11.7. The van der Waals surface area contributed by atoms with Gasteiger partial charge in [0.15, 0.2) is 0 Å². The zero-order valence-electron chi connectivity index (χ0n) is 17.0. The minimum absolute atomic E-state index is 0.0287. The fraction of sp³-hybridized carbons (Fsp3) is 0.0909. The fourth-order valence-electron chi connectivity index (χ4n) is 3.01. The maximum Gasteiger partial charge on any atom is 0.418 e. The number of nitrogen functional groups attached to an aromatic ring is 2. The van der Waals surface area contributed by atoms with Crippen molar-refractivity contribution < 1.29 is 35.9 Å². The number of benzene rings is 3. The Labute approximate surface area is 188 Å². The number of hydrogen-bond acceptors (Lipinski definition) is 4. The van der Waals surface area contributed by atoms with Gasteiger partial charge < -0.3 is 22.1 Å². The van der Waals surface area contributed by atoms with Gasteiger partial charge in [-0.3, -0.25) is 9.59 Å². The second-order valence-corrected chi connectivity index (χ2v) is 7.09. The quantitative estimate of drug-likeness (QED) is 0.295. The Morgan fingerprint density at radius 2 is 1.26 bits per heavy atom. The molecule has 0 heterocycles. The molecule has 0 radical (unpaired) electrons. The lowest BCUT2D eigenvalue weighted by Gasteiger charge is -2.14. The zero-order valence-corrected chi connectivity index (χ0v) is 17.0. The molecular formula is C22H16F6N4O2. The number of alkyl halides is 6. The summed E-state index contributed by atoms with van der Waals surface area (Å²) in [5.74, 6) is -1.98. The number of nitrogens with two attached hydrogens (primary N) is 2. The summed E-state index contributed by atoms with van der Waals surface area (Å²) in [6.45, 7) is 0. The van der Waals surface area contributed by atoms with Crippen molar-refractivity contribution in [3.63, 3.8) is 0 Å². The number of halogens is 6. The van der Waals surface area contributed by atoms with Gasteiger partial charge in [0.2, 0.25) is 0 Å². The van der Waals surface area contributed by atoms with E-state index < -0.39 is 46.5 Å². The van der Waals surface area contributed by atoms with E-state index >= 15 is 0 Å². The topological polar surface area (TPSA) is 110 Å². The molecule has 0 aromatic heterocycles. The first-order chi connectivity index (χ1) is 15.8. The van der Waals surface area contributed by atoms with Crippen molar-refractivity contribution in [1.29, 1.82) is 0 Å². The summed E-state index contributed by atoms with van der Waals surface area (Å²) in [6, 6.07) is 10.7. The fourth-order valence-corrected chi connectivity index (χ4v) is 3.01. The number of hydrogen-bond donors (Lipinski definition) is 4. The molecule has 6 N–H and O–H groups in total. The van der Waals surface area contributed by atoms with Crippen molar-refractivity contribution in [1.82, 2.24) is 0 Å². The van der Waals surface area contributed by atoms with Crippen molar-refractivity contribution in [2.75, 3.05) is 22.1 Å².